The van der Waals surface area contributed by atoms with E-state index in [1.54, 1.807) is 0 Å². The molecule has 0 aliphatic carbocycles. The van der Waals surface area contributed by atoms with Crippen LogP contribution in [-0.4, -0.2) is 52.4 Å². The zero-order valence-electron chi connectivity index (χ0n) is 21.6. The number of nitrogens with zero attached hydrogens (tertiary/aromatic N) is 4. The van der Waals surface area contributed by atoms with Crippen LogP contribution in [0.4, 0.5) is 5.69 Å². The van der Waals surface area contributed by atoms with Gasteiger partial charge in [-0.05, 0) is 80.4 Å². The molecular formula is C29H37N5OS. The fourth-order valence-corrected chi connectivity index (χ4v) is 5.94. The number of benzene rings is 1. The number of anilines is 1. The normalized spacial score (nSPS) is 20.6. The summed E-state index contributed by atoms with van der Waals surface area (Å²) in [6.45, 7) is 12.6. The maximum atomic E-state index is 5.93. The summed E-state index contributed by atoms with van der Waals surface area (Å²) in [4.78, 5) is 9.51. The number of rotatable bonds is 8. The molecule has 2 aliphatic rings. The first kappa shape index (κ1) is 24.9. The minimum atomic E-state index is -0.0214. The van der Waals surface area contributed by atoms with Gasteiger partial charge in [0, 0.05) is 49.5 Å². The van der Waals surface area contributed by atoms with E-state index in [1.165, 1.54) is 22.5 Å². The molecule has 0 unspecified atom stereocenters. The van der Waals surface area contributed by atoms with E-state index in [1.807, 2.05) is 12.3 Å². The molecule has 4 heterocycles. The highest BCUT2D eigenvalue weighted by Gasteiger charge is 2.42. The van der Waals surface area contributed by atoms with Crippen LogP contribution in [-0.2, 0) is 17.7 Å². The van der Waals surface area contributed by atoms with Crippen LogP contribution in [0.3, 0.4) is 0 Å². The van der Waals surface area contributed by atoms with Crippen LogP contribution in [0.1, 0.15) is 53.6 Å². The van der Waals surface area contributed by atoms with E-state index in [2.05, 4.69) is 82.9 Å². The van der Waals surface area contributed by atoms with Crippen LogP contribution < -0.4 is 10.2 Å². The number of hydrogen-bond donors (Lipinski definition) is 1. The predicted octanol–water partition coefficient (Wildman–Crippen LogP) is 4.96. The van der Waals surface area contributed by atoms with Gasteiger partial charge in [-0.3, -0.25) is 9.88 Å². The van der Waals surface area contributed by atoms with Crippen LogP contribution in [0.5, 0.6) is 0 Å². The maximum Gasteiger partial charge on any atom is 0.174 e. The quantitative estimate of drug-likeness (QED) is 0.439. The molecule has 36 heavy (non-hydrogen) atoms. The summed E-state index contributed by atoms with van der Waals surface area (Å²) in [5.41, 5.74) is 7.36. The van der Waals surface area contributed by atoms with Gasteiger partial charge in [0.05, 0.1) is 31.0 Å². The van der Waals surface area contributed by atoms with Crippen molar-refractivity contribution in [3.8, 4) is 0 Å². The largest absolute Gasteiger partial charge is 0.379 e. The molecule has 1 aromatic carbocycles. The van der Waals surface area contributed by atoms with E-state index in [0.29, 0.717) is 0 Å². The van der Waals surface area contributed by atoms with Gasteiger partial charge in [-0.2, -0.15) is 0 Å². The monoisotopic (exact) mass is 503 g/mol. The lowest BCUT2D eigenvalue weighted by Gasteiger charge is -2.28. The predicted molar refractivity (Wildman–Crippen MR) is 150 cm³/mol. The second kappa shape index (κ2) is 11.1. The molecule has 0 bridgehead atoms. The first-order chi connectivity index (χ1) is 17.6. The van der Waals surface area contributed by atoms with Crippen molar-refractivity contribution in [3.63, 3.8) is 0 Å². The Morgan fingerprint density at radius 1 is 1.06 bits per heavy atom. The molecule has 7 heteroatoms. The minimum Gasteiger partial charge on any atom is -0.379 e. The van der Waals surface area contributed by atoms with Gasteiger partial charge in [-0.1, -0.05) is 25.1 Å². The second-order valence-corrected chi connectivity index (χ2v) is 10.2. The van der Waals surface area contributed by atoms with Gasteiger partial charge in [0.1, 0.15) is 0 Å². The van der Waals surface area contributed by atoms with Crippen molar-refractivity contribution >= 4 is 23.0 Å². The number of aromatic nitrogens is 2. The molecule has 3 aromatic rings. The van der Waals surface area contributed by atoms with Gasteiger partial charge in [0.15, 0.2) is 5.11 Å². The average molecular weight is 504 g/mol. The smallest absolute Gasteiger partial charge is 0.174 e. The first-order valence-corrected chi connectivity index (χ1v) is 13.5. The third kappa shape index (κ3) is 5.05. The molecule has 2 fully saturated rings. The number of ether oxygens (including phenoxy) is 1. The van der Waals surface area contributed by atoms with Crippen molar-refractivity contribution in [3.05, 3.63) is 82.9 Å². The fourth-order valence-electron chi connectivity index (χ4n) is 5.59. The third-order valence-electron chi connectivity index (χ3n) is 7.61. The molecule has 1 N–H and O–H groups in total. The van der Waals surface area contributed by atoms with Crippen LogP contribution >= 0.6 is 12.2 Å². The Bertz CT molecular complexity index is 1170. The average Bonchev–Trinajstić information content (AvgIpc) is 3.40. The summed E-state index contributed by atoms with van der Waals surface area (Å²) in [7, 11) is 0. The summed E-state index contributed by atoms with van der Waals surface area (Å²) in [5.74, 6) is 0. The van der Waals surface area contributed by atoms with E-state index in [0.717, 1.165) is 68.7 Å². The van der Waals surface area contributed by atoms with E-state index < -0.39 is 0 Å². The summed E-state index contributed by atoms with van der Waals surface area (Å²) in [6, 6.07) is 17.3. The highest BCUT2D eigenvalue weighted by atomic mass is 32.1. The number of nitrogens with one attached hydrogen (secondary N) is 1. The topological polar surface area (TPSA) is 45.6 Å². The first-order valence-electron chi connectivity index (χ1n) is 13.1. The Balaban J connectivity index is 1.46. The molecule has 2 aromatic heterocycles. The third-order valence-corrected chi connectivity index (χ3v) is 7.93. The SMILES string of the molecule is CCc1ccc(N2C(=S)N[C@@H](c3ccccn3)[C@@H]2c2cc(C)n(CCCN3CCOCC3)c2C)cc1. The summed E-state index contributed by atoms with van der Waals surface area (Å²) in [5, 5.41) is 4.35. The van der Waals surface area contributed by atoms with Crippen LogP contribution in [0, 0.1) is 13.8 Å². The summed E-state index contributed by atoms with van der Waals surface area (Å²) in [6.07, 6.45) is 4.02. The van der Waals surface area contributed by atoms with Gasteiger partial charge in [0.2, 0.25) is 0 Å². The number of thiocarbonyl (C=S) groups is 1. The van der Waals surface area contributed by atoms with E-state index in [-0.39, 0.29) is 12.1 Å². The molecule has 190 valence electrons. The molecular weight excluding hydrogens is 466 g/mol. The molecule has 2 atom stereocenters. The molecule has 0 spiro atoms. The van der Waals surface area contributed by atoms with Crippen molar-refractivity contribution < 1.29 is 4.74 Å². The van der Waals surface area contributed by atoms with Crippen molar-refractivity contribution in [1.29, 1.82) is 0 Å². The lowest BCUT2D eigenvalue weighted by molar-refractivity contribution is 0.0369. The second-order valence-electron chi connectivity index (χ2n) is 9.80. The molecule has 0 radical (unpaired) electrons. The Morgan fingerprint density at radius 2 is 1.83 bits per heavy atom. The molecule has 6 nitrogen and oxygen atoms in total. The molecule has 2 aliphatic heterocycles. The van der Waals surface area contributed by atoms with Gasteiger partial charge in [-0.15, -0.1) is 0 Å². The maximum absolute atomic E-state index is 5.93. The Morgan fingerprint density at radius 3 is 2.53 bits per heavy atom. The van der Waals surface area contributed by atoms with Crippen molar-refractivity contribution in [2.75, 3.05) is 37.7 Å². The van der Waals surface area contributed by atoms with Crippen molar-refractivity contribution in [2.24, 2.45) is 0 Å². The van der Waals surface area contributed by atoms with E-state index in [4.69, 9.17) is 21.9 Å². The van der Waals surface area contributed by atoms with E-state index in [9.17, 15) is 0 Å². The summed E-state index contributed by atoms with van der Waals surface area (Å²) < 4.78 is 7.98. The van der Waals surface area contributed by atoms with Gasteiger partial charge in [0.25, 0.3) is 0 Å². The lowest BCUT2D eigenvalue weighted by Crippen LogP contribution is -2.37. The number of morpholine rings is 1. The van der Waals surface area contributed by atoms with Crippen LogP contribution in [0.15, 0.2) is 54.7 Å². The Kier molecular flexibility index (Phi) is 7.70. The minimum absolute atomic E-state index is 0.0214. The molecule has 2 saturated heterocycles. The summed E-state index contributed by atoms with van der Waals surface area (Å²) >= 11 is 5.93. The number of pyridine rings is 1. The number of aryl methyl sites for hydroxylation is 2. The molecule has 0 saturated carbocycles. The highest BCUT2D eigenvalue weighted by Crippen LogP contribution is 2.43. The lowest BCUT2D eigenvalue weighted by atomic mass is 9.96. The standard InChI is InChI=1S/C29H37N5OS/c1-4-23-9-11-24(12-10-23)34-28(27(31-29(34)36)26-8-5-6-13-30-26)25-20-21(2)33(22(25)3)15-7-14-32-16-18-35-19-17-32/h5-6,8-13,20,27-28H,4,7,14-19H2,1-3H3,(H,31,36)/t27-,28-/m0/s1. The van der Waals surface area contributed by atoms with Gasteiger partial charge in [-0.25, -0.2) is 0 Å². The van der Waals surface area contributed by atoms with E-state index >= 15 is 0 Å². The highest BCUT2D eigenvalue weighted by molar-refractivity contribution is 7.80. The zero-order valence-corrected chi connectivity index (χ0v) is 22.4. The molecule has 0 amide bonds. The Labute approximate surface area is 220 Å². The zero-order chi connectivity index (χ0) is 25.1. The van der Waals surface area contributed by atoms with Gasteiger partial charge >= 0.3 is 0 Å². The van der Waals surface area contributed by atoms with Crippen LogP contribution in [0.2, 0.25) is 0 Å². The fraction of sp³-hybridized carbons (Fsp3) is 0.448. The van der Waals surface area contributed by atoms with Crippen molar-refractivity contribution in [2.45, 2.75) is 52.2 Å². The Hall–Kier alpha value is -2.74. The molecule has 5 rings (SSSR count). The number of hydrogen-bond acceptors (Lipinski definition) is 4. The van der Waals surface area contributed by atoms with Crippen molar-refractivity contribution in [1.82, 2.24) is 19.8 Å². The van der Waals surface area contributed by atoms with Crippen LogP contribution in [0.25, 0.3) is 0 Å². The van der Waals surface area contributed by atoms with Gasteiger partial charge < -0.3 is 19.5 Å².